The topological polar surface area (TPSA) is 49.4 Å². The lowest BCUT2D eigenvalue weighted by atomic mass is 9.99. The molecular weight excluding hydrogens is 456 g/mol. The van der Waals surface area contributed by atoms with E-state index in [0.29, 0.717) is 31.7 Å². The SMILES string of the molecule is CC[C@H](C)NC(=O)[C@@H](Cc1ccccc1)N(Cc1cccc(C)c1)C(=O)CCc1ccc(C(C)C)cc1. The Bertz CT molecular complexity index is 1140. The van der Waals surface area contributed by atoms with Gasteiger partial charge in [0.05, 0.1) is 0 Å². The van der Waals surface area contributed by atoms with Gasteiger partial charge in [0.2, 0.25) is 11.8 Å². The van der Waals surface area contributed by atoms with Gasteiger partial charge < -0.3 is 10.2 Å². The molecule has 0 unspecified atom stereocenters. The number of amides is 2. The molecule has 0 fully saturated rings. The highest BCUT2D eigenvalue weighted by Crippen LogP contribution is 2.19. The first-order valence-corrected chi connectivity index (χ1v) is 13.5. The van der Waals surface area contributed by atoms with E-state index in [1.165, 1.54) is 5.56 Å². The van der Waals surface area contributed by atoms with Crippen molar-refractivity contribution in [1.82, 2.24) is 10.2 Å². The van der Waals surface area contributed by atoms with Crippen LogP contribution in [0.5, 0.6) is 0 Å². The zero-order chi connectivity index (χ0) is 26.8. The van der Waals surface area contributed by atoms with E-state index in [-0.39, 0.29) is 17.9 Å². The van der Waals surface area contributed by atoms with Crippen molar-refractivity contribution in [2.45, 2.75) is 84.8 Å². The fourth-order valence-electron chi connectivity index (χ4n) is 4.47. The maximum Gasteiger partial charge on any atom is 0.243 e. The van der Waals surface area contributed by atoms with Crippen LogP contribution in [0, 0.1) is 6.92 Å². The fraction of sp³-hybridized carbons (Fsp3) is 0.394. The summed E-state index contributed by atoms with van der Waals surface area (Å²) in [5.41, 5.74) is 5.64. The van der Waals surface area contributed by atoms with Gasteiger partial charge in [0.15, 0.2) is 0 Å². The largest absolute Gasteiger partial charge is 0.352 e. The predicted octanol–water partition coefficient (Wildman–Crippen LogP) is 6.61. The van der Waals surface area contributed by atoms with Gasteiger partial charge in [-0.1, -0.05) is 105 Å². The molecule has 3 rings (SSSR count). The third kappa shape index (κ3) is 8.59. The molecule has 0 radical (unpaired) electrons. The number of aryl methyl sites for hydroxylation is 2. The summed E-state index contributed by atoms with van der Waals surface area (Å²) >= 11 is 0. The highest BCUT2D eigenvalue weighted by Gasteiger charge is 2.30. The number of hydrogen-bond acceptors (Lipinski definition) is 2. The van der Waals surface area contributed by atoms with Crippen molar-refractivity contribution < 1.29 is 9.59 Å². The summed E-state index contributed by atoms with van der Waals surface area (Å²) in [5, 5.41) is 3.14. The normalized spacial score (nSPS) is 12.7. The van der Waals surface area contributed by atoms with Crippen LogP contribution in [0.25, 0.3) is 0 Å². The second-order valence-corrected chi connectivity index (χ2v) is 10.4. The Hall–Kier alpha value is -3.40. The minimum atomic E-state index is -0.590. The molecule has 0 aromatic heterocycles. The average Bonchev–Trinajstić information content (AvgIpc) is 2.90. The first-order chi connectivity index (χ1) is 17.8. The van der Waals surface area contributed by atoms with Crippen molar-refractivity contribution >= 4 is 11.8 Å². The maximum atomic E-state index is 13.8. The molecule has 2 amide bonds. The van der Waals surface area contributed by atoms with Crippen molar-refractivity contribution in [3.05, 3.63) is 107 Å². The molecule has 4 nitrogen and oxygen atoms in total. The molecule has 37 heavy (non-hydrogen) atoms. The summed E-state index contributed by atoms with van der Waals surface area (Å²) in [7, 11) is 0. The van der Waals surface area contributed by atoms with Gasteiger partial charge in [-0.25, -0.2) is 0 Å². The van der Waals surface area contributed by atoms with E-state index in [9.17, 15) is 9.59 Å². The summed E-state index contributed by atoms with van der Waals surface area (Å²) in [4.78, 5) is 29.2. The van der Waals surface area contributed by atoms with Gasteiger partial charge in [-0.15, -0.1) is 0 Å². The van der Waals surface area contributed by atoms with Gasteiger partial charge in [0.25, 0.3) is 0 Å². The summed E-state index contributed by atoms with van der Waals surface area (Å²) in [5.74, 6) is 0.374. The fourth-order valence-corrected chi connectivity index (χ4v) is 4.47. The monoisotopic (exact) mass is 498 g/mol. The number of hydrogen-bond donors (Lipinski definition) is 1. The summed E-state index contributed by atoms with van der Waals surface area (Å²) in [6, 6.07) is 26.1. The van der Waals surface area contributed by atoms with Gasteiger partial charge >= 0.3 is 0 Å². The Balaban J connectivity index is 1.89. The molecule has 196 valence electrons. The molecule has 0 aliphatic carbocycles. The Labute approximate surface area is 223 Å². The van der Waals surface area contributed by atoms with Crippen LogP contribution >= 0.6 is 0 Å². The molecule has 1 N–H and O–H groups in total. The van der Waals surface area contributed by atoms with E-state index in [2.05, 4.69) is 56.4 Å². The summed E-state index contributed by atoms with van der Waals surface area (Å²) in [6.07, 6.45) is 2.31. The molecule has 3 aromatic carbocycles. The first-order valence-electron chi connectivity index (χ1n) is 13.5. The van der Waals surface area contributed by atoms with Gasteiger partial charge in [-0.05, 0) is 54.9 Å². The molecular formula is C33H42N2O2. The smallest absolute Gasteiger partial charge is 0.243 e. The number of carbonyl (C=O) groups is 2. The highest BCUT2D eigenvalue weighted by atomic mass is 16.2. The Morgan fingerprint density at radius 2 is 1.51 bits per heavy atom. The molecule has 3 aromatic rings. The van der Waals surface area contributed by atoms with Crippen molar-refractivity contribution in [2.75, 3.05) is 0 Å². The van der Waals surface area contributed by atoms with Crippen LogP contribution in [0.15, 0.2) is 78.9 Å². The van der Waals surface area contributed by atoms with Crippen molar-refractivity contribution in [3.63, 3.8) is 0 Å². The number of nitrogens with zero attached hydrogens (tertiary/aromatic N) is 1. The minimum absolute atomic E-state index is 0.00493. The van der Waals surface area contributed by atoms with Gasteiger partial charge in [0, 0.05) is 25.4 Å². The van der Waals surface area contributed by atoms with Crippen LogP contribution in [-0.4, -0.2) is 28.8 Å². The Morgan fingerprint density at radius 3 is 2.14 bits per heavy atom. The third-order valence-electron chi connectivity index (χ3n) is 6.98. The van der Waals surface area contributed by atoms with Crippen LogP contribution < -0.4 is 5.32 Å². The summed E-state index contributed by atoms with van der Waals surface area (Å²) < 4.78 is 0. The van der Waals surface area contributed by atoms with Gasteiger partial charge in [-0.3, -0.25) is 9.59 Å². The molecule has 4 heteroatoms. The molecule has 0 saturated heterocycles. The molecule has 0 saturated carbocycles. The van der Waals surface area contributed by atoms with Crippen molar-refractivity contribution in [1.29, 1.82) is 0 Å². The van der Waals surface area contributed by atoms with Crippen LogP contribution in [0.3, 0.4) is 0 Å². The van der Waals surface area contributed by atoms with Crippen molar-refractivity contribution in [3.8, 4) is 0 Å². The quantitative estimate of drug-likeness (QED) is 0.306. The Morgan fingerprint density at radius 1 is 0.838 bits per heavy atom. The van der Waals surface area contributed by atoms with E-state index in [1.807, 2.05) is 62.4 Å². The van der Waals surface area contributed by atoms with Crippen LogP contribution in [0.2, 0.25) is 0 Å². The average molecular weight is 499 g/mol. The highest BCUT2D eigenvalue weighted by molar-refractivity contribution is 5.88. The maximum absolute atomic E-state index is 13.8. The van der Waals surface area contributed by atoms with Crippen LogP contribution in [0.1, 0.15) is 74.3 Å². The number of nitrogens with one attached hydrogen (secondary N) is 1. The molecule has 0 aliphatic heterocycles. The lowest BCUT2D eigenvalue weighted by Crippen LogP contribution is -2.52. The number of carbonyl (C=O) groups excluding carboxylic acids is 2. The van der Waals surface area contributed by atoms with E-state index in [1.54, 1.807) is 4.90 Å². The third-order valence-corrected chi connectivity index (χ3v) is 6.98. The molecule has 0 bridgehead atoms. The van der Waals surface area contributed by atoms with Crippen LogP contribution in [0.4, 0.5) is 0 Å². The van der Waals surface area contributed by atoms with E-state index < -0.39 is 6.04 Å². The van der Waals surface area contributed by atoms with Gasteiger partial charge in [0.1, 0.15) is 6.04 Å². The zero-order valence-corrected chi connectivity index (χ0v) is 23.0. The minimum Gasteiger partial charge on any atom is -0.352 e. The molecule has 0 heterocycles. The Kier molecular flexibility index (Phi) is 10.5. The van der Waals surface area contributed by atoms with E-state index >= 15 is 0 Å². The predicted molar refractivity (Wildman–Crippen MR) is 152 cm³/mol. The van der Waals surface area contributed by atoms with E-state index in [0.717, 1.165) is 28.7 Å². The van der Waals surface area contributed by atoms with E-state index in [4.69, 9.17) is 0 Å². The molecule has 2 atom stereocenters. The van der Waals surface area contributed by atoms with Crippen molar-refractivity contribution in [2.24, 2.45) is 0 Å². The second kappa shape index (κ2) is 13.8. The lowest BCUT2D eigenvalue weighted by molar-refractivity contribution is -0.141. The van der Waals surface area contributed by atoms with Crippen LogP contribution in [-0.2, 0) is 29.0 Å². The standard InChI is InChI=1S/C33H42N2O2/c1-6-26(5)34-33(37)31(22-28-12-8-7-9-13-28)35(23-29-14-10-11-25(4)21-29)32(36)20-17-27-15-18-30(19-16-27)24(2)3/h7-16,18-19,21,24,26,31H,6,17,20,22-23H2,1-5H3,(H,34,37)/t26-,31+/m0/s1. The molecule has 0 spiro atoms. The molecule has 0 aliphatic rings. The second-order valence-electron chi connectivity index (χ2n) is 10.4. The lowest BCUT2D eigenvalue weighted by Gasteiger charge is -2.32. The summed E-state index contributed by atoms with van der Waals surface area (Å²) in [6.45, 7) is 10.9. The number of benzene rings is 3. The number of rotatable bonds is 12. The zero-order valence-electron chi connectivity index (χ0n) is 23.0. The first kappa shape index (κ1) is 28.2. The van der Waals surface area contributed by atoms with Gasteiger partial charge in [-0.2, -0.15) is 0 Å².